The summed E-state index contributed by atoms with van der Waals surface area (Å²) in [6.45, 7) is 1.55. The van der Waals surface area contributed by atoms with Crippen molar-refractivity contribution < 1.29 is 19.4 Å². The zero-order valence-electron chi connectivity index (χ0n) is 13.1. The topological polar surface area (TPSA) is 79.2 Å². The van der Waals surface area contributed by atoms with Gasteiger partial charge in [-0.25, -0.2) is 4.79 Å². The van der Waals surface area contributed by atoms with Gasteiger partial charge in [0, 0.05) is 13.1 Å². The third-order valence-electron chi connectivity index (χ3n) is 3.78. The summed E-state index contributed by atoms with van der Waals surface area (Å²) >= 11 is 1.42. The highest BCUT2D eigenvalue weighted by Crippen LogP contribution is 2.31. The minimum Gasteiger partial charge on any atom is -0.482 e. The second-order valence-electron chi connectivity index (χ2n) is 5.61. The van der Waals surface area contributed by atoms with E-state index in [0.717, 1.165) is 36.7 Å². The van der Waals surface area contributed by atoms with E-state index in [1.165, 1.54) is 18.2 Å². The van der Waals surface area contributed by atoms with E-state index in [9.17, 15) is 9.59 Å². The van der Waals surface area contributed by atoms with Crippen molar-refractivity contribution in [2.75, 3.05) is 19.7 Å². The van der Waals surface area contributed by atoms with Crippen LogP contribution in [-0.4, -0.2) is 46.7 Å². The Morgan fingerprint density at radius 1 is 1.25 bits per heavy atom. The maximum Gasteiger partial charge on any atom is 0.341 e. The molecule has 0 saturated carbocycles. The number of benzene rings is 1. The van der Waals surface area contributed by atoms with Crippen LogP contribution in [0, 0.1) is 0 Å². The SMILES string of the molecule is O=C(O)COc1ccc(/C=C2/SC(N3CCCCC3)=NC2=O)cc1. The number of hydrogen-bond donors (Lipinski definition) is 1. The Balaban J connectivity index is 1.64. The predicted octanol–water partition coefficient (Wildman–Crippen LogP) is 2.61. The van der Waals surface area contributed by atoms with E-state index in [1.807, 2.05) is 0 Å². The van der Waals surface area contributed by atoms with E-state index in [2.05, 4.69) is 9.89 Å². The highest BCUT2D eigenvalue weighted by atomic mass is 32.2. The molecule has 0 atom stereocenters. The molecule has 126 valence electrons. The lowest BCUT2D eigenvalue weighted by atomic mass is 10.1. The Labute approximate surface area is 144 Å². The fraction of sp³-hybridized carbons (Fsp3) is 0.353. The lowest BCUT2D eigenvalue weighted by Crippen LogP contribution is -2.33. The molecule has 1 N–H and O–H groups in total. The fourth-order valence-electron chi connectivity index (χ4n) is 2.58. The summed E-state index contributed by atoms with van der Waals surface area (Å²) in [5.41, 5.74) is 0.851. The molecule has 24 heavy (non-hydrogen) atoms. The monoisotopic (exact) mass is 346 g/mol. The molecule has 3 rings (SSSR count). The van der Waals surface area contributed by atoms with E-state index in [4.69, 9.17) is 9.84 Å². The molecule has 0 aromatic heterocycles. The number of hydrogen-bond acceptors (Lipinski definition) is 5. The zero-order chi connectivity index (χ0) is 16.9. The molecule has 2 heterocycles. The Kier molecular flexibility index (Phi) is 5.20. The summed E-state index contributed by atoms with van der Waals surface area (Å²) in [6.07, 6.45) is 5.32. The number of carbonyl (C=O) groups excluding carboxylic acids is 1. The number of piperidine rings is 1. The number of nitrogens with zero attached hydrogens (tertiary/aromatic N) is 2. The summed E-state index contributed by atoms with van der Waals surface area (Å²) in [7, 11) is 0. The van der Waals surface area contributed by atoms with Gasteiger partial charge in [-0.1, -0.05) is 12.1 Å². The van der Waals surface area contributed by atoms with Crippen LogP contribution in [0.4, 0.5) is 0 Å². The highest BCUT2D eigenvalue weighted by Gasteiger charge is 2.26. The number of aliphatic imine (C=N–C) groups is 1. The molecule has 1 saturated heterocycles. The molecular weight excluding hydrogens is 328 g/mol. The van der Waals surface area contributed by atoms with Gasteiger partial charge in [0.25, 0.3) is 5.91 Å². The van der Waals surface area contributed by atoms with Crippen molar-refractivity contribution in [3.63, 3.8) is 0 Å². The van der Waals surface area contributed by atoms with Crippen molar-refractivity contribution in [1.29, 1.82) is 0 Å². The van der Waals surface area contributed by atoms with Crippen molar-refractivity contribution in [1.82, 2.24) is 4.90 Å². The van der Waals surface area contributed by atoms with Crippen molar-refractivity contribution in [3.05, 3.63) is 34.7 Å². The number of carboxylic acids is 1. The van der Waals surface area contributed by atoms with E-state index >= 15 is 0 Å². The van der Waals surface area contributed by atoms with Gasteiger partial charge >= 0.3 is 5.97 Å². The first-order valence-electron chi connectivity index (χ1n) is 7.84. The van der Waals surface area contributed by atoms with Gasteiger partial charge in [0.1, 0.15) is 5.75 Å². The van der Waals surface area contributed by atoms with Crippen LogP contribution in [0.5, 0.6) is 5.75 Å². The number of carboxylic acid groups (broad SMARTS) is 1. The number of thioether (sulfide) groups is 1. The number of amides is 1. The first-order chi connectivity index (χ1) is 11.6. The van der Waals surface area contributed by atoms with Gasteiger partial charge in [0.05, 0.1) is 4.91 Å². The predicted molar refractivity (Wildman–Crippen MR) is 93.0 cm³/mol. The minimum absolute atomic E-state index is 0.202. The molecule has 1 fully saturated rings. The number of rotatable bonds is 4. The summed E-state index contributed by atoms with van der Waals surface area (Å²) in [6, 6.07) is 6.95. The molecule has 2 aliphatic heterocycles. The average Bonchev–Trinajstić information content (AvgIpc) is 2.96. The van der Waals surface area contributed by atoms with Crippen molar-refractivity contribution in [2.24, 2.45) is 4.99 Å². The molecule has 2 aliphatic rings. The Bertz CT molecular complexity index is 691. The number of likely N-dealkylation sites (tertiary alicyclic amines) is 1. The van der Waals surface area contributed by atoms with Gasteiger partial charge in [0.2, 0.25) is 0 Å². The van der Waals surface area contributed by atoms with Gasteiger partial charge in [-0.2, -0.15) is 4.99 Å². The van der Waals surface area contributed by atoms with Crippen LogP contribution in [0.15, 0.2) is 34.2 Å². The zero-order valence-corrected chi connectivity index (χ0v) is 13.9. The highest BCUT2D eigenvalue weighted by molar-refractivity contribution is 8.18. The number of amidine groups is 1. The van der Waals surface area contributed by atoms with Gasteiger partial charge in [-0.05, 0) is 54.8 Å². The van der Waals surface area contributed by atoms with Crippen LogP contribution in [0.2, 0.25) is 0 Å². The molecule has 7 heteroatoms. The standard InChI is InChI=1S/C17H18N2O4S/c20-15(21)11-23-13-6-4-12(5-7-13)10-14-16(22)18-17(24-14)19-8-2-1-3-9-19/h4-7,10H,1-3,8-9,11H2,(H,20,21)/b14-10+. The molecule has 1 amide bonds. The van der Waals surface area contributed by atoms with Gasteiger partial charge in [0.15, 0.2) is 11.8 Å². The molecule has 0 spiro atoms. The van der Waals surface area contributed by atoms with Crippen molar-refractivity contribution in [2.45, 2.75) is 19.3 Å². The summed E-state index contributed by atoms with van der Waals surface area (Å²) < 4.78 is 5.09. The molecule has 0 bridgehead atoms. The second kappa shape index (κ2) is 7.53. The summed E-state index contributed by atoms with van der Waals surface area (Å²) in [4.78, 5) is 29.5. The molecule has 1 aromatic rings. The Morgan fingerprint density at radius 2 is 1.96 bits per heavy atom. The van der Waals surface area contributed by atoms with Crippen LogP contribution < -0.4 is 4.74 Å². The van der Waals surface area contributed by atoms with Crippen molar-refractivity contribution >= 4 is 34.9 Å². The normalized spacial score (nSPS) is 19.5. The van der Waals surface area contributed by atoms with Crippen molar-refractivity contribution in [3.8, 4) is 5.75 Å². The maximum absolute atomic E-state index is 12.1. The maximum atomic E-state index is 12.1. The number of carbonyl (C=O) groups is 2. The van der Waals surface area contributed by atoms with Crippen LogP contribution >= 0.6 is 11.8 Å². The number of aliphatic carboxylic acids is 1. The first kappa shape index (κ1) is 16.6. The number of ether oxygens (including phenoxy) is 1. The largest absolute Gasteiger partial charge is 0.482 e. The Hall–Kier alpha value is -2.28. The molecule has 1 aromatic carbocycles. The lowest BCUT2D eigenvalue weighted by Gasteiger charge is -2.27. The van der Waals surface area contributed by atoms with Crippen LogP contribution in [0.25, 0.3) is 6.08 Å². The van der Waals surface area contributed by atoms with E-state index in [0.29, 0.717) is 10.7 Å². The molecule has 0 unspecified atom stereocenters. The third kappa shape index (κ3) is 4.17. The van der Waals surface area contributed by atoms with E-state index in [1.54, 1.807) is 30.3 Å². The fourth-order valence-corrected chi connectivity index (χ4v) is 3.54. The van der Waals surface area contributed by atoms with Gasteiger partial charge < -0.3 is 14.7 Å². The summed E-state index contributed by atoms with van der Waals surface area (Å²) in [5.74, 6) is -0.737. The van der Waals surface area contributed by atoms with Gasteiger partial charge in [-0.3, -0.25) is 4.79 Å². The average molecular weight is 346 g/mol. The van der Waals surface area contributed by atoms with Gasteiger partial charge in [-0.15, -0.1) is 0 Å². The lowest BCUT2D eigenvalue weighted by molar-refractivity contribution is -0.139. The van der Waals surface area contributed by atoms with E-state index < -0.39 is 5.97 Å². The minimum atomic E-state index is -1.02. The van der Waals surface area contributed by atoms with Crippen LogP contribution in [0.1, 0.15) is 24.8 Å². The first-order valence-corrected chi connectivity index (χ1v) is 8.65. The van der Waals surface area contributed by atoms with Crippen LogP contribution in [0.3, 0.4) is 0 Å². The quantitative estimate of drug-likeness (QED) is 0.844. The molecule has 0 aliphatic carbocycles. The Morgan fingerprint density at radius 3 is 2.62 bits per heavy atom. The smallest absolute Gasteiger partial charge is 0.341 e. The molecule has 6 nitrogen and oxygen atoms in total. The third-order valence-corrected chi connectivity index (χ3v) is 4.82. The van der Waals surface area contributed by atoms with E-state index in [-0.39, 0.29) is 12.5 Å². The summed E-state index contributed by atoms with van der Waals surface area (Å²) in [5, 5.41) is 9.39. The molecular formula is C17H18N2O4S. The van der Waals surface area contributed by atoms with Crippen LogP contribution in [-0.2, 0) is 9.59 Å². The molecule has 0 radical (unpaired) electrons. The second-order valence-corrected chi connectivity index (χ2v) is 6.62.